The Hall–Kier alpha value is -1.84. The number of H-pyrrole nitrogens is 1. The Labute approximate surface area is 99.7 Å². The van der Waals surface area contributed by atoms with E-state index in [2.05, 4.69) is 23.8 Å². The molecule has 1 aromatic heterocycles. The minimum Gasteiger partial charge on any atom is -0.478 e. The number of aromatic nitrogens is 2. The summed E-state index contributed by atoms with van der Waals surface area (Å²) >= 11 is 0. The molecule has 2 aromatic rings. The Morgan fingerprint density at radius 3 is 2.76 bits per heavy atom. The number of nitrogens with one attached hydrogen (secondary N) is 1. The molecule has 0 amide bonds. The van der Waals surface area contributed by atoms with Crippen molar-refractivity contribution >= 4 is 17.0 Å². The Balaban J connectivity index is 2.64. The summed E-state index contributed by atoms with van der Waals surface area (Å²) in [5.41, 5.74) is 3.01. The summed E-state index contributed by atoms with van der Waals surface area (Å²) in [4.78, 5) is 18.6. The van der Waals surface area contributed by atoms with Crippen LogP contribution in [0.4, 0.5) is 0 Å². The first-order valence-corrected chi connectivity index (χ1v) is 5.70. The van der Waals surface area contributed by atoms with Crippen LogP contribution >= 0.6 is 0 Å². The maximum Gasteiger partial charge on any atom is 0.335 e. The van der Waals surface area contributed by atoms with Crippen LogP contribution in [-0.4, -0.2) is 21.0 Å². The van der Waals surface area contributed by atoms with Crippen molar-refractivity contribution < 1.29 is 9.90 Å². The van der Waals surface area contributed by atoms with E-state index >= 15 is 0 Å². The van der Waals surface area contributed by atoms with Crippen LogP contribution in [0.5, 0.6) is 0 Å². The van der Waals surface area contributed by atoms with E-state index in [1.807, 2.05) is 6.92 Å². The van der Waals surface area contributed by atoms with Crippen LogP contribution in [0.3, 0.4) is 0 Å². The molecule has 1 aromatic carbocycles. The number of aromatic carboxylic acids is 1. The predicted molar refractivity (Wildman–Crippen MR) is 66.3 cm³/mol. The van der Waals surface area contributed by atoms with Crippen LogP contribution in [-0.2, 0) is 6.42 Å². The Kier molecular flexibility index (Phi) is 2.88. The van der Waals surface area contributed by atoms with Crippen molar-refractivity contribution in [2.24, 2.45) is 5.92 Å². The van der Waals surface area contributed by atoms with Gasteiger partial charge in [0.25, 0.3) is 0 Å². The molecule has 1 heterocycles. The molecule has 2 rings (SSSR count). The number of hydrogen-bond acceptors (Lipinski definition) is 2. The smallest absolute Gasteiger partial charge is 0.335 e. The van der Waals surface area contributed by atoms with Gasteiger partial charge in [0.2, 0.25) is 0 Å². The van der Waals surface area contributed by atoms with Crippen molar-refractivity contribution in [1.29, 1.82) is 0 Å². The molecule has 0 unspecified atom stereocenters. The number of imidazole rings is 1. The minimum absolute atomic E-state index is 0.316. The highest BCUT2D eigenvalue weighted by atomic mass is 16.4. The summed E-state index contributed by atoms with van der Waals surface area (Å²) in [6.07, 6.45) is 0.835. The number of rotatable bonds is 3. The monoisotopic (exact) mass is 232 g/mol. The van der Waals surface area contributed by atoms with Crippen LogP contribution < -0.4 is 0 Å². The van der Waals surface area contributed by atoms with Gasteiger partial charge in [-0.2, -0.15) is 0 Å². The predicted octanol–water partition coefficient (Wildman–Crippen LogP) is 2.77. The molecule has 0 saturated carbocycles. The van der Waals surface area contributed by atoms with E-state index in [0.717, 1.165) is 28.8 Å². The Morgan fingerprint density at radius 2 is 2.18 bits per heavy atom. The molecule has 0 radical (unpaired) electrons. The summed E-state index contributed by atoms with van der Waals surface area (Å²) in [5, 5.41) is 9.08. The number of carboxylic acids is 1. The number of hydrogen-bond donors (Lipinski definition) is 2. The van der Waals surface area contributed by atoms with Gasteiger partial charge in [0.1, 0.15) is 5.82 Å². The van der Waals surface area contributed by atoms with Crippen LogP contribution in [0.1, 0.15) is 35.6 Å². The standard InChI is InChI=1S/C13H16N2O2/c1-7(2)4-9-5-10(13(16)17)6-11-12(9)15-8(3)14-11/h5-7H,4H2,1-3H3,(H,14,15)(H,16,17). The average Bonchev–Trinajstić information content (AvgIpc) is 2.57. The molecule has 90 valence electrons. The number of nitrogens with zero attached hydrogens (tertiary/aromatic N) is 1. The van der Waals surface area contributed by atoms with Crippen molar-refractivity contribution in [3.05, 3.63) is 29.1 Å². The van der Waals surface area contributed by atoms with Gasteiger partial charge in [-0.3, -0.25) is 0 Å². The maximum absolute atomic E-state index is 11.1. The molecule has 0 fully saturated rings. The molecule has 4 heteroatoms. The second-order valence-corrected chi connectivity index (χ2v) is 4.76. The topological polar surface area (TPSA) is 66.0 Å². The zero-order valence-electron chi connectivity index (χ0n) is 10.2. The highest BCUT2D eigenvalue weighted by molar-refractivity contribution is 5.93. The lowest BCUT2D eigenvalue weighted by atomic mass is 9.99. The molecular weight excluding hydrogens is 216 g/mol. The first-order chi connectivity index (χ1) is 7.97. The zero-order chi connectivity index (χ0) is 12.6. The number of aromatic amines is 1. The summed E-state index contributed by atoms with van der Waals surface area (Å²) in [6, 6.07) is 3.37. The zero-order valence-corrected chi connectivity index (χ0v) is 10.2. The van der Waals surface area contributed by atoms with Gasteiger partial charge in [-0.15, -0.1) is 0 Å². The normalized spacial score (nSPS) is 11.3. The van der Waals surface area contributed by atoms with Crippen molar-refractivity contribution in [1.82, 2.24) is 9.97 Å². The van der Waals surface area contributed by atoms with Crippen molar-refractivity contribution in [2.75, 3.05) is 0 Å². The fourth-order valence-corrected chi connectivity index (χ4v) is 2.03. The first-order valence-electron chi connectivity index (χ1n) is 5.70. The third-order valence-corrected chi connectivity index (χ3v) is 2.66. The molecular formula is C13H16N2O2. The third-order valence-electron chi connectivity index (χ3n) is 2.66. The van der Waals surface area contributed by atoms with Gasteiger partial charge in [-0.1, -0.05) is 13.8 Å². The van der Waals surface area contributed by atoms with E-state index in [0.29, 0.717) is 11.5 Å². The van der Waals surface area contributed by atoms with Crippen molar-refractivity contribution in [2.45, 2.75) is 27.2 Å². The van der Waals surface area contributed by atoms with Crippen molar-refractivity contribution in [3.63, 3.8) is 0 Å². The van der Waals surface area contributed by atoms with Crippen LogP contribution in [0, 0.1) is 12.8 Å². The molecule has 0 bridgehead atoms. The van der Waals surface area contributed by atoms with Gasteiger partial charge in [0.15, 0.2) is 0 Å². The minimum atomic E-state index is -0.899. The second-order valence-electron chi connectivity index (χ2n) is 4.76. The van der Waals surface area contributed by atoms with Gasteiger partial charge in [-0.25, -0.2) is 9.78 Å². The van der Waals surface area contributed by atoms with Gasteiger partial charge >= 0.3 is 5.97 Å². The van der Waals surface area contributed by atoms with Crippen LogP contribution in [0.15, 0.2) is 12.1 Å². The maximum atomic E-state index is 11.1. The summed E-state index contributed by atoms with van der Waals surface area (Å²) in [6.45, 7) is 6.09. The Morgan fingerprint density at radius 1 is 1.47 bits per heavy atom. The van der Waals surface area contributed by atoms with E-state index < -0.39 is 5.97 Å². The van der Waals surface area contributed by atoms with Crippen molar-refractivity contribution in [3.8, 4) is 0 Å². The molecule has 0 spiro atoms. The lowest BCUT2D eigenvalue weighted by Gasteiger charge is -2.07. The van der Waals surface area contributed by atoms with E-state index in [1.165, 1.54) is 0 Å². The van der Waals surface area contributed by atoms with Crippen LogP contribution in [0.2, 0.25) is 0 Å². The van der Waals surface area contributed by atoms with Gasteiger partial charge in [0.05, 0.1) is 16.6 Å². The van der Waals surface area contributed by atoms with Gasteiger partial charge in [-0.05, 0) is 37.0 Å². The SMILES string of the molecule is Cc1nc2c(CC(C)C)cc(C(=O)O)cc2[nH]1. The highest BCUT2D eigenvalue weighted by Gasteiger charge is 2.12. The number of carboxylic acid groups (broad SMARTS) is 1. The molecule has 17 heavy (non-hydrogen) atoms. The molecule has 0 aliphatic carbocycles. The molecule has 0 aliphatic rings. The Bertz CT molecular complexity index is 570. The van der Waals surface area contributed by atoms with E-state index in [1.54, 1.807) is 12.1 Å². The highest BCUT2D eigenvalue weighted by Crippen LogP contribution is 2.22. The number of fused-ring (bicyclic) bond motifs is 1. The molecule has 0 saturated heterocycles. The molecule has 0 aliphatic heterocycles. The number of benzene rings is 1. The molecule has 0 atom stereocenters. The average molecular weight is 232 g/mol. The van der Waals surface area contributed by atoms with E-state index in [9.17, 15) is 4.79 Å². The quantitative estimate of drug-likeness (QED) is 0.855. The summed E-state index contributed by atoms with van der Waals surface area (Å²) in [5.74, 6) is 0.385. The van der Waals surface area contributed by atoms with Crippen LogP contribution in [0.25, 0.3) is 11.0 Å². The van der Waals surface area contributed by atoms with Gasteiger partial charge < -0.3 is 10.1 Å². The van der Waals surface area contributed by atoms with Gasteiger partial charge in [0, 0.05) is 0 Å². The number of aryl methyl sites for hydroxylation is 1. The summed E-state index contributed by atoms with van der Waals surface area (Å²) in [7, 11) is 0. The fourth-order valence-electron chi connectivity index (χ4n) is 2.03. The second kappa shape index (κ2) is 4.20. The molecule has 2 N–H and O–H groups in total. The largest absolute Gasteiger partial charge is 0.478 e. The third kappa shape index (κ3) is 2.30. The summed E-state index contributed by atoms with van der Waals surface area (Å²) < 4.78 is 0. The van der Waals surface area contributed by atoms with E-state index in [4.69, 9.17) is 5.11 Å². The first kappa shape index (κ1) is 11.6. The van der Waals surface area contributed by atoms with E-state index in [-0.39, 0.29) is 0 Å². The number of carbonyl (C=O) groups is 1. The molecule has 4 nitrogen and oxygen atoms in total. The lowest BCUT2D eigenvalue weighted by Crippen LogP contribution is -2.01. The fraction of sp³-hybridized carbons (Fsp3) is 0.385. The lowest BCUT2D eigenvalue weighted by molar-refractivity contribution is 0.0697.